The van der Waals surface area contributed by atoms with Crippen LogP contribution in [0, 0.1) is 18.8 Å². The Balaban J connectivity index is 2.95. The molecule has 3 heteroatoms. The van der Waals surface area contributed by atoms with Gasteiger partial charge >= 0.3 is 5.97 Å². The van der Waals surface area contributed by atoms with Gasteiger partial charge < -0.3 is 10.5 Å². The monoisotopic (exact) mass is 189 g/mol. The number of rotatable bonds is 0. The molecule has 1 rings (SSSR count). The molecule has 0 radical (unpaired) electrons. The number of methoxy groups -OCH3 is 1. The number of hydrogen-bond donors (Lipinski definition) is 1. The van der Waals surface area contributed by atoms with Crippen molar-refractivity contribution in [2.75, 3.05) is 12.8 Å². The SMILES string of the molecule is COC(=O)C#Cc1cc(C)cc(N)c1. The molecule has 0 unspecified atom stereocenters. The van der Waals surface area contributed by atoms with E-state index in [1.807, 2.05) is 19.1 Å². The van der Waals surface area contributed by atoms with Crippen molar-refractivity contribution in [3.63, 3.8) is 0 Å². The second-order valence-corrected chi connectivity index (χ2v) is 2.87. The van der Waals surface area contributed by atoms with Crippen LogP contribution in [0.4, 0.5) is 5.69 Å². The first-order chi connectivity index (χ1) is 6.61. The zero-order chi connectivity index (χ0) is 10.6. The van der Waals surface area contributed by atoms with Gasteiger partial charge in [-0.3, -0.25) is 0 Å². The molecule has 0 saturated heterocycles. The van der Waals surface area contributed by atoms with Crippen molar-refractivity contribution in [1.29, 1.82) is 0 Å². The highest BCUT2D eigenvalue weighted by atomic mass is 16.5. The van der Waals surface area contributed by atoms with Crippen molar-refractivity contribution >= 4 is 11.7 Å². The maximum Gasteiger partial charge on any atom is 0.384 e. The molecule has 0 bridgehead atoms. The van der Waals surface area contributed by atoms with Gasteiger partial charge in [-0.1, -0.05) is 5.92 Å². The number of ether oxygens (including phenoxy) is 1. The standard InChI is InChI=1S/C11H11NO2/c1-8-5-9(7-10(12)6-8)3-4-11(13)14-2/h5-7H,12H2,1-2H3. The van der Waals surface area contributed by atoms with Crippen molar-refractivity contribution in [3.05, 3.63) is 29.3 Å². The van der Waals surface area contributed by atoms with Gasteiger partial charge in [0.15, 0.2) is 0 Å². The van der Waals surface area contributed by atoms with E-state index in [2.05, 4.69) is 16.6 Å². The molecule has 0 aromatic heterocycles. The van der Waals surface area contributed by atoms with Gasteiger partial charge in [0.25, 0.3) is 0 Å². The van der Waals surface area contributed by atoms with Crippen LogP contribution in [0.25, 0.3) is 0 Å². The van der Waals surface area contributed by atoms with Crippen LogP contribution >= 0.6 is 0 Å². The Bertz CT molecular complexity index is 393. The Morgan fingerprint density at radius 3 is 2.71 bits per heavy atom. The summed E-state index contributed by atoms with van der Waals surface area (Å²) in [6.45, 7) is 1.92. The lowest BCUT2D eigenvalue weighted by atomic mass is 10.1. The van der Waals surface area contributed by atoms with E-state index in [9.17, 15) is 4.79 Å². The van der Waals surface area contributed by atoms with Gasteiger partial charge in [0, 0.05) is 17.2 Å². The minimum atomic E-state index is -0.551. The summed E-state index contributed by atoms with van der Waals surface area (Å²) in [7, 11) is 1.29. The first-order valence-electron chi connectivity index (χ1n) is 4.09. The summed E-state index contributed by atoms with van der Waals surface area (Å²) in [5.74, 6) is 4.46. The topological polar surface area (TPSA) is 52.3 Å². The first kappa shape index (κ1) is 10.1. The molecule has 72 valence electrons. The summed E-state index contributed by atoms with van der Waals surface area (Å²) in [4.78, 5) is 10.7. The molecule has 0 aliphatic heterocycles. The van der Waals surface area contributed by atoms with Gasteiger partial charge in [0.2, 0.25) is 0 Å². The van der Waals surface area contributed by atoms with Gasteiger partial charge in [0.1, 0.15) is 0 Å². The summed E-state index contributed by atoms with van der Waals surface area (Å²) in [5, 5.41) is 0. The van der Waals surface area contributed by atoms with E-state index in [1.54, 1.807) is 6.07 Å². The fourth-order valence-corrected chi connectivity index (χ4v) is 1.06. The molecular formula is C11H11NO2. The lowest BCUT2D eigenvalue weighted by Gasteiger charge is -1.97. The third-order valence-corrected chi connectivity index (χ3v) is 1.59. The number of nitrogen functional groups attached to an aromatic ring is 1. The van der Waals surface area contributed by atoms with Gasteiger partial charge in [-0.15, -0.1) is 0 Å². The summed E-state index contributed by atoms with van der Waals surface area (Å²) >= 11 is 0. The van der Waals surface area contributed by atoms with Crippen LogP contribution in [0.15, 0.2) is 18.2 Å². The highest BCUT2D eigenvalue weighted by Gasteiger charge is 1.94. The van der Waals surface area contributed by atoms with E-state index in [-0.39, 0.29) is 0 Å². The quantitative estimate of drug-likeness (QED) is 0.378. The number of nitrogens with two attached hydrogens (primary N) is 1. The molecule has 14 heavy (non-hydrogen) atoms. The average molecular weight is 189 g/mol. The summed E-state index contributed by atoms with van der Waals surface area (Å²) in [5.41, 5.74) is 7.98. The molecule has 1 aromatic rings. The summed E-state index contributed by atoms with van der Waals surface area (Å²) in [6.07, 6.45) is 0. The third-order valence-electron chi connectivity index (χ3n) is 1.59. The Morgan fingerprint density at radius 2 is 2.14 bits per heavy atom. The largest absolute Gasteiger partial charge is 0.459 e. The molecule has 3 nitrogen and oxygen atoms in total. The minimum Gasteiger partial charge on any atom is -0.459 e. The van der Waals surface area contributed by atoms with E-state index in [0.717, 1.165) is 5.56 Å². The predicted molar refractivity (Wildman–Crippen MR) is 54.5 cm³/mol. The summed E-state index contributed by atoms with van der Waals surface area (Å²) < 4.78 is 4.39. The van der Waals surface area contributed by atoms with Crippen LogP contribution in [0.1, 0.15) is 11.1 Å². The normalized spacial score (nSPS) is 8.71. The highest BCUT2D eigenvalue weighted by molar-refractivity contribution is 5.89. The highest BCUT2D eigenvalue weighted by Crippen LogP contribution is 2.09. The van der Waals surface area contributed by atoms with E-state index in [1.165, 1.54) is 7.11 Å². The number of esters is 1. The van der Waals surface area contributed by atoms with E-state index in [0.29, 0.717) is 11.3 Å². The van der Waals surface area contributed by atoms with Crippen LogP contribution in [0.3, 0.4) is 0 Å². The number of aryl methyl sites for hydroxylation is 1. The van der Waals surface area contributed by atoms with Crippen LogP contribution < -0.4 is 5.73 Å². The van der Waals surface area contributed by atoms with Crippen LogP contribution in [0.2, 0.25) is 0 Å². The lowest BCUT2D eigenvalue weighted by Crippen LogP contribution is -1.94. The van der Waals surface area contributed by atoms with E-state index >= 15 is 0 Å². The van der Waals surface area contributed by atoms with Crippen molar-refractivity contribution in [1.82, 2.24) is 0 Å². The zero-order valence-electron chi connectivity index (χ0n) is 8.13. The second kappa shape index (κ2) is 4.33. The maximum absolute atomic E-state index is 10.7. The molecule has 0 aliphatic rings. The number of hydrogen-bond acceptors (Lipinski definition) is 3. The molecular weight excluding hydrogens is 178 g/mol. The van der Waals surface area contributed by atoms with E-state index < -0.39 is 5.97 Å². The molecule has 1 aromatic carbocycles. The molecule has 2 N–H and O–H groups in total. The Labute approximate surface area is 82.9 Å². The molecule has 0 atom stereocenters. The van der Waals surface area contributed by atoms with Crippen LogP contribution in [-0.2, 0) is 9.53 Å². The van der Waals surface area contributed by atoms with Crippen molar-refractivity contribution < 1.29 is 9.53 Å². The van der Waals surface area contributed by atoms with Crippen molar-refractivity contribution in [2.24, 2.45) is 0 Å². The van der Waals surface area contributed by atoms with Gasteiger partial charge in [-0.05, 0) is 30.7 Å². The molecule has 0 spiro atoms. The number of carbonyl (C=O) groups excluding carboxylic acids is 1. The van der Waals surface area contributed by atoms with Crippen LogP contribution in [0.5, 0.6) is 0 Å². The Morgan fingerprint density at radius 1 is 1.43 bits per heavy atom. The fraction of sp³-hybridized carbons (Fsp3) is 0.182. The van der Waals surface area contributed by atoms with E-state index in [4.69, 9.17) is 5.73 Å². The van der Waals surface area contributed by atoms with Crippen molar-refractivity contribution in [3.8, 4) is 11.8 Å². The summed E-state index contributed by atoms with van der Waals surface area (Å²) in [6, 6.07) is 5.40. The molecule has 0 fully saturated rings. The van der Waals surface area contributed by atoms with Gasteiger partial charge in [-0.2, -0.15) is 0 Å². The lowest BCUT2D eigenvalue weighted by molar-refractivity contribution is -0.133. The fourth-order valence-electron chi connectivity index (χ4n) is 1.06. The minimum absolute atomic E-state index is 0.551. The maximum atomic E-state index is 10.7. The zero-order valence-corrected chi connectivity index (χ0v) is 8.13. The molecule has 0 amide bonds. The number of benzene rings is 1. The average Bonchev–Trinajstić information content (AvgIpc) is 2.12. The molecule has 0 saturated carbocycles. The second-order valence-electron chi connectivity index (χ2n) is 2.87. The van der Waals surface area contributed by atoms with Gasteiger partial charge in [-0.25, -0.2) is 4.79 Å². The predicted octanol–water partition coefficient (Wildman–Crippen LogP) is 1.10. The van der Waals surface area contributed by atoms with Gasteiger partial charge in [0.05, 0.1) is 7.11 Å². The smallest absolute Gasteiger partial charge is 0.384 e. The Hall–Kier alpha value is -1.95. The third kappa shape index (κ3) is 2.83. The molecule has 0 aliphatic carbocycles. The van der Waals surface area contributed by atoms with Crippen molar-refractivity contribution in [2.45, 2.75) is 6.92 Å². The van der Waals surface area contributed by atoms with Crippen LogP contribution in [-0.4, -0.2) is 13.1 Å². The molecule has 0 heterocycles. The Kier molecular flexibility index (Phi) is 3.14. The number of anilines is 1. The number of carbonyl (C=O) groups is 1. The first-order valence-corrected chi connectivity index (χ1v) is 4.09.